The summed E-state index contributed by atoms with van der Waals surface area (Å²) in [6, 6.07) is -0.227. The molecular formula is C9H13F2NO2. The summed E-state index contributed by atoms with van der Waals surface area (Å²) >= 11 is 0. The second-order valence-corrected chi connectivity index (χ2v) is 3.13. The van der Waals surface area contributed by atoms with Gasteiger partial charge in [0.1, 0.15) is 0 Å². The molecule has 1 amide bonds. The van der Waals surface area contributed by atoms with Gasteiger partial charge in [-0.2, -0.15) is 8.78 Å². The van der Waals surface area contributed by atoms with E-state index in [1.807, 2.05) is 0 Å². The predicted molar refractivity (Wildman–Crippen MR) is 46.9 cm³/mol. The molecule has 1 fully saturated rings. The number of halogens is 2. The van der Waals surface area contributed by atoms with E-state index >= 15 is 0 Å². The second kappa shape index (κ2) is 5.05. The number of nitrogens with zero attached hydrogens (tertiary/aromatic N) is 1. The molecule has 3 nitrogen and oxygen atoms in total. The second-order valence-electron chi connectivity index (χ2n) is 3.13. The van der Waals surface area contributed by atoms with E-state index in [1.54, 1.807) is 0 Å². The fraction of sp³-hybridized carbons (Fsp3) is 0.667. The van der Waals surface area contributed by atoms with Gasteiger partial charge in [0.15, 0.2) is 0 Å². The minimum atomic E-state index is -2.77. The summed E-state index contributed by atoms with van der Waals surface area (Å²) in [5.74, 6) is -0.217. The highest BCUT2D eigenvalue weighted by atomic mass is 19.3. The molecular weight excluding hydrogens is 192 g/mol. The van der Waals surface area contributed by atoms with Crippen LogP contribution in [-0.4, -0.2) is 36.6 Å². The van der Waals surface area contributed by atoms with Gasteiger partial charge in [0.2, 0.25) is 5.91 Å². The van der Waals surface area contributed by atoms with E-state index in [1.165, 1.54) is 11.0 Å². The van der Waals surface area contributed by atoms with Gasteiger partial charge in [-0.3, -0.25) is 4.79 Å². The van der Waals surface area contributed by atoms with Crippen molar-refractivity contribution in [3.63, 3.8) is 0 Å². The van der Waals surface area contributed by atoms with Gasteiger partial charge in [0, 0.05) is 6.54 Å². The van der Waals surface area contributed by atoms with Crippen molar-refractivity contribution in [1.29, 1.82) is 0 Å². The molecule has 0 bridgehead atoms. The summed E-state index contributed by atoms with van der Waals surface area (Å²) in [5, 5.41) is 0. The van der Waals surface area contributed by atoms with Crippen LogP contribution in [0.1, 0.15) is 12.8 Å². The molecule has 0 radical (unpaired) electrons. The van der Waals surface area contributed by atoms with Gasteiger partial charge < -0.3 is 9.64 Å². The van der Waals surface area contributed by atoms with Crippen molar-refractivity contribution in [1.82, 2.24) is 4.90 Å². The SMILES string of the molecule is C=CC(=O)N1CCCC1COC(F)F. The monoisotopic (exact) mass is 205 g/mol. The lowest BCUT2D eigenvalue weighted by atomic mass is 10.2. The maximum Gasteiger partial charge on any atom is 0.345 e. The molecule has 0 aromatic carbocycles. The highest BCUT2D eigenvalue weighted by molar-refractivity contribution is 5.87. The Kier molecular flexibility index (Phi) is 4.00. The quantitative estimate of drug-likeness (QED) is 0.649. The lowest BCUT2D eigenvalue weighted by molar-refractivity contribution is -0.146. The normalized spacial score (nSPS) is 21.6. The molecule has 1 saturated heterocycles. The molecule has 0 spiro atoms. The molecule has 1 unspecified atom stereocenters. The van der Waals surface area contributed by atoms with E-state index < -0.39 is 6.61 Å². The molecule has 80 valence electrons. The van der Waals surface area contributed by atoms with Crippen molar-refractivity contribution < 1.29 is 18.3 Å². The van der Waals surface area contributed by atoms with Gasteiger partial charge in [-0.25, -0.2) is 0 Å². The van der Waals surface area contributed by atoms with E-state index in [0.717, 1.165) is 6.42 Å². The molecule has 0 aliphatic carbocycles. The molecule has 1 aliphatic rings. The van der Waals surface area contributed by atoms with Crippen molar-refractivity contribution in [2.45, 2.75) is 25.5 Å². The molecule has 5 heteroatoms. The van der Waals surface area contributed by atoms with Crippen LogP contribution < -0.4 is 0 Å². The zero-order valence-corrected chi connectivity index (χ0v) is 7.79. The molecule has 1 rings (SSSR count). The van der Waals surface area contributed by atoms with E-state index in [2.05, 4.69) is 11.3 Å². The van der Waals surface area contributed by atoms with Gasteiger partial charge in [-0.1, -0.05) is 6.58 Å². The summed E-state index contributed by atoms with van der Waals surface area (Å²) < 4.78 is 27.7. The van der Waals surface area contributed by atoms with Crippen LogP contribution in [0.15, 0.2) is 12.7 Å². The predicted octanol–water partition coefficient (Wildman–Crippen LogP) is 1.40. The number of rotatable bonds is 4. The minimum absolute atomic E-state index is 0.1000. The first-order chi connectivity index (χ1) is 6.65. The number of carbonyl (C=O) groups excluding carboxylic acids is 1. The molecule has 0 N–H and O–H groups in total. The number of alkyl halides is 2. The Morgan fingerprint density at radius 3 is 3.00 bits per heavy atom. The first kappa shape index (κ1) is 11.1. The smallest absolute Gasteiger partial charge is 0.334 e. The summed E-state index contributed by atoms with van der Waals surface area (Å²) in [5.41, 5.74) is 0. The van der Waals surface area contributed by atoms with Crippen LogP contribution in [0, 0.1) is 0 Å². The summed E-state index contributed by atoms with van der Waals surface area (Å²) in [4.78, 5) is 12.8. The van der Waals surface area contributed by atoms with Crippen LogP contribution in [0.5, 0.6) is 0 Å². The van der Waals surface area contributed by atoms with Crippen molar-refractivity contribution in [2.75, 3.05) is 13.2 Å². The number of carbonyl (C=O) groups is 1. The molecule has 1 aliphatic heterocycles. The van der Waals surface area contributed by atoms with E-state index in [4.69, 9.17) is 0 Å². The van der Waals surface area contributed by atoms with Crippen molar-refractivity contribution in [3.05, 3.63) is 12.7 Å². The Morgan fingerprint density at radius 2 is 2.43 bits per heavy atom. The summed E-state index contributed by atoms with van der Waals surface area (Å²) in [7, 11) is 0. The fourth-order valence-electron chi connectivity index (χ4n) is 1.60. The molecule has 0 saturated carbocycles. The number of likely N-dealkylation sites (tertiary alicyclic amines) is 1. The Hall–Kier alpha value is -0.970. The summed E-state index contributed by atoms with van der Waals surface area (Å²) in [6.45, 7) is 1.09. The molecule has 14 heavy (non-hydrogen) atoms. The van der Waals surface area contributed by atoms with Gasteiger partial charge in [0.25, 0.3) is 0 Å². The first-order valence-electron chi connectivity index (χ1n) is 4.48. The lowest BCUT2D eigenvalue weighted by Gasteiger charge is -2.22. The number of hydrogen-bond acceptors (Lipinski definition) is 2. The van der Waals surface area contributed by atoms with Crippen LogP contribution in [-0.2, 0) is 9.53 Å². The highest BCUT2D eigenvalue weighted by Crippen LogP contribution is 2.18. The van der Waals surface area contributed by atoms with Crippen LogP contribution in [0.4, 0.5) is 8.78 Å². The molecule has 1 heterocycles. The molecule has 0 aromatic rings. The topological polar surface area (TPSA) is 29.5 Å². The molecule has 1 atom stereocenters. The van der Waals surface area contributed by atoms with E-state index in [-0.39, 0.29) is 18.6 Å². The standard InChI is InChI=1S/C9H13F2NO2/c1-2-8(13)12-5-3-4-7(12)6-14-9(10)11/h2,7,9H,1,3-6H2. The van der Waals surface area contributed by atoms with Gasteiger partial charge in [0.05, 0.1) is 12.6 Å². The first-order valence-corrected chi connectivity index (χ1v) is 4.48. The van der Waals surface area contributed by atoms with Crippen LogP contribution >= 0.6 is 0 Å². The minimum Gasteiger partial charge on any atom is -0.334 e. The van der Waals surface area contributed by atoms with E-state index in [0.29, 0.717) is 13.0 Å². The van der Waals surface area contributed by atoms with Gasteiger partial charge >= 0.3 is 6.61 Å². The van der Waals surface area contributed by atoms with Crippen LogP contribution in [0.2, 0.25) is 0 Å². The van der Waals surface area contributed by atoms with Crippen molar-refractivity contribution in [3.8, 4) is 0 Å². The Balaban J connectivity index is 2.43. The molecule has 0 aromatic heterocycles. The van der Waals surface area contributed by atoms with E-state index in [9.17, 15) is 13.6 Å². The average molecular weight is 205 g/mol. The maximum atomic E-state index is 11.8. The Morgan fingerprint density at radius 1 is 1.71 bits per heavy atom. The van der Waals surface area contributed by atoms with Crippen LogP contribution in [0.3, 0.4) is 0 Å². The van der Waals surface area contributed by atoms with Crippen molar-refractivity contribution in [2.24, 2.45) is 0 Å². The van der Waals surface area contributed by atoms with Gasteiger partial charge in [-0.15, -0.1) is 0 Å². The Labute approximate surface area is 81.3 Å². The maximum absolute atomic E-state index is 11.8. The lowest BCUT2D eigenvalue weighted by Crippen LogP contribution is -2.37. The van der Waals surface area contributed by atoms with Crippen LogP contribution in [0.25, 0.3) is 0 Å². The largest absolute Gasteiger partial charge is 0.345 e. The number of hydrogen-bond donors (Lipinski definition) is 0. The fourth-order valence-corrected chi connectivity index (χ4v) is 1.60. The summed E-state index contributed by atoms with van der Waals surface area (Å²) in [6.07, 6.45) is 2.74. The number of ether oxygens (including phenoxy) is 1. The highest BCUT2D eigenvalue weighted by Gasteiger charge is 2.27. The third kappa shape index (κ3) is 2.77. The zero-order valence-electron chi connectivity index (χ0n) is 7.79. The van der Waals surface area contributed by atoms with Crippen molar-refractivity contribution >= 4 is 5.91 Å². The average Bonchev–Trinajstić information content (AvgIpc) is 2.61. The van der Waals surface area contributed by atoms with Gasteiger partial charge in [-0.05, 0) is 18.9 Å². The third-order valence-corrected chi connectivity index (χ3v) is 2.25. The Bertz CT molecular complexity index is 221. The zero-order chi connectivity index (χ0) is 10.6. The number of amides is 1. The third-order valence-electron chi connectivity index (χ3n) is 2.25.